The van der Waals surface area contributed by atoms with Crippen molar-refractivity contribution in [2.24, 2.45) is 0 Å². The third kappa shape index (κ3) is 9.74. The summed E-state index contributed by atoms with van der Waals surface area (Å²) in [6.07, 6.45) is 0. The first-order valence-corrected chi connectivity index (χ1v) is 0. The zero-order chi connectivity index (χ0) is 0. The second-order valence-electron chi connectivity index (χ2n) is 0. The van der Waals surface area contributed by atoms with E-state index < -0.39 is 0 Å². The van der Waals surface area contributed by atoms with Gasteiger partial charge in [-0.2, -0.15) is 0 Å². The molecule has 4 heavy (non-hydrogen) atoms. The number of hydrogen-bond donors (Lipinski definition) is 0. The van der Waals surface area contributed by atoms with Crippen molar-refractivity contribution in [1.82, 2.24) is 0 Å². The van der Waals surface area contributed by atoms with E-state index in [1.165, 1.54) is 0 Å². The molecule has 0 unspecified atom stereocenters. The smallest absolute Gasteiger partial charge is 2.00 e. The maximum atomic E-state index is 0. The third-order valence-electron chi connectivity index (χ3n) is 0. The molecule has 0 aliphatic heterocycles. The predicted octanol–water partition coefficient (Wildman–Crippen LogP) is 0.737. The third-order valence-corrected chi connectivity index (χ3v) is 0. The van der Waals surface area contributed by atoms with Crippen LogP contribution in [0, 0.1) is 0 Å². The maximum absolute atomic E-state index is 0. The van der Waals surface area contributed by atoms with Gasteiger partial charge < -0.3 is 5.48 Å². The van der Waals surface area contributed by atoms with E-state index in [1.54, 1.807) is 0 Å². The minimum Gasteiger partial charge on any atom is -2.00 e. The molecule has 0 rings (SSSR count). The molecule has 4 heteroatoms. The summed E-state index contributed by atoms with van der Waals surface area (Å²) in [6.45, 7) is 0. The van der Waals surface area contributed by atoms with Crippen molar-refractivity contribution in [3.63, 3.8) is 0 Å². The fraction of sp³-hybridized carbons (Fsp3) is 0. The van der Waals surface area contributed by atoms with Gasteiger partial charge in [0.15, 0.2) is 0 Å². The van der Waals surface area contributed by atoms with Crippen LogP contribution in [0.1, 0.15) is 0 Å². The van der Waals surface area contributed by atoms with Gasteiger partial charge in [-0.05, 0) is 0 Å². The molecule has 0 atom stereocenters. The van der Waals surface area contributed by atoms with Gasteiger partial charge in [0.05, 0.1) is 0 Å². The fourth-order valence-corrected chi connectivity index (χ4v) is 0. The van der Waals surface area contributed by atoms with Crippen LogP contribution in [0.15, 0.2) is 0 Å². The molecule has 23 valence electrons. The molecule has 0 amide bonds. The van der Waals surface area contributed by atoms with Gasteiger partial charge in [0.25, 0.3) is 0 Å². The minimum atomic E-state index is 0. The van der Waals surface area contributed by atoms with Crippen molar-refractivity contribution in [1.29, 1.82) is 0 Å². The van der Waals surface area contributed by atoms with E-state index >= 15 is 0 Å². The molecular weight excluding hydrogens is 153 g/mol. The van der Waals surface area contributed by atoms with Crippen LogP contribution in [0.25, 0.3) is 0 Å². The van der Waals surface area contributed by atoms with E-state index in [0.29, 0.717) is 0 Å². The summed E-state index contributed by atoms with van der Waals surface area (Å²) in [5.41, 5.74) is 0. The van der Waals surface area contributed by atoms with Crippen molar-refractivity contribution in [3.05, 3.63) is 0 Å². The summed E-state index contributed by atoms with van der Waals surface area (Å²) >= 11 is 0. The standard InChI is InChI=1S/Mn.O.P.V/q+2;-2;;. The first-order chi connectivity index (χ1) is 0. The Kier molecular flexibility index (Phi) is 306. The minimum absolute atomic E-state index is 0. The van der Waals surface area contributed by atoms with Gasteiger partial charge in [-0.3, -0.25) is 0 Å². The van der Waals surface area contributed by atoms with Crippen molar-refractivity contribution >= 4 is 9.90 Å². The molecule has 0 N–H and O–H groups in total. The molecule has 5 radical (unpaired) electrons. The van der Waals surface area contributed by atoms with Gasteiger partial charge in [0.1, 0.15) is 0 Å². The quantitative estimate of drug-likeness (QED) is 0.362. The number of rotatable bonds is 0. The molecule has 0 spiro atoms. The van der Waals surface area contributed by atoms with Crippen LogP contribution in [-0.4, -0.2) is 0 Å². The molecule has 0 fully saturated rings. The van der Waals surface area contributed by atoms with Gasteiger partial charge in [-0.15, -0.1) is 0 Å². The van der Waals surface area contributed by atoms with E-state index in [1.807, 2.05) is 0 Å². The van der Waals surface area contributed by atoms with Crippen LogP contribution in [0.3, 0.4) is 0 Å². The predicted molar refractivity (Wildman–Crippen MR) is 7.61 cm³/mol. The maximum Gasteiger partial charge on any atom is 2.00 e. The second kappa shape index (κ2) is 24.6. The van der Waals surface area contributed by atoms with Crippen LogP contribution in [0.4, 0.5) is 0 Å². The Morgan fingerprint density at radius 2 is 1.00 bits per heavy atom. The monoisotopic (exact) mass is 153 g/mol. The molecule has 0 heterocycles. The van der Waals surface area contributed by atoms with E-state index in [0.717, 1.165) is 0 Å². The molecule has 1 nitrogen and oxygen atoms in total. The fourth-order valence-electron chi connectivity index (χ4n) is 0. The summed E-state index contributed by atoms with van der Waals surface area (Å²) < 4.78 is 0. The Morgan fingerprint density at radius 1 is 1.00 bits per heavy atom. The van der Waals surface area contributed by atoms with E-state index in [2.05, 4.69) is 0 Å². The number of hydrogen-bond acceptors (Lipinski definition) is 0. The molecular formula is MnOPV. The molecule has 0 bridgehead atoms. The van der Waals surface area contributed by atoms with Crippen LogP contribution in [0.2, 0.25) is 0 Å². The largest absolute Gasteiger partial charge is 2.00 e. The molecule has 0 aliphatic carbocycles. The average Bonchev–Trinajstić information content (AvgIpc) is 0. The van der Waals surface area contributed by atoms with Crippen LogP contribution in [0.5, 0.6) is 0 Å². The summed E-state index contributed by atoms with van der Waals surface area (Å²) in [6, 6.07) is 0. The molecule has 0 saturated carbocycles. The molecule has 0 saturated heterocycles. The Labute approximate surface area is 51.2 Å². The van der Waals surface area contributed by atoms with Crippen LogP contribution >= 0.6 is 9.90 Å². The normalized spacial score (nSPS) is 0. The Morgan fingerprint density at radius 3 is 1.00 bits per heavy atom. The molecule has 0 aliphatic rings. The van der Waals surface area contributed by atoms with Gasteiger partial charge in [-0.1, -0.05) is 0 Å². The average molecular weight is 153 g/mol. The second-order valence-corrected chi connectivity index (χ2v) is 0. The van der Waals surface area contributed by atoms with E-state index in [4.69, 9.17) is 0 Å². The van der Waals surface area contributed by atoms with Crippen molar-refractivity contribution < 1.29 is 41.1 Å². The Bertz CT molecular complexity index is 8.00. The van der Waals surface area contributed by atoms with Crippen molar-refractivity contribution in [2.45, 2.75) is 0 Å². The zero-order valence-corrected chi connectivity index (χ0v) is 5.15. The Hall–Kier alpha value is 1.49. The molecule has 0 aromatic rings. The van der Waals surface area contributed by atoms with Crippen LogP contribution in [-0.2, 0) is 41.1 Å². The van der Waals surface area contributed by atoms with Crippen molar-refractivity contribution in [2.75, 3.05) is 0 Å². The summed E-state index contributed by atoms with van der Waals surface area (Å²) in [5.74, 6) is 0. The van der Waals surface area contributed by atoms with E-state index in [9.17, 15) is 0 Å². The van der Waals surface area contributed by atoms with Gasteiger partial charge in [0, 0.05) is 28.5 Å². The van der Waals surface area contributed by atoms with Gasteiger partial charge in [-0.25, -0.2) is 0 Å². The summed E-state index contributed by atoms with van der Waals surface area (Å²) in [4.78, 5) is 0. The first-order valence-electron chi connectivity index (χ1n) is 0. The topological polar surface area (TPSA) is 28.5 Å². The molecule has 0 aromatic heterocycles. The van der Waals surface area contributed by atoms with Gasteiger partial charge in [0.2, 0.25) is 0 Å². The van der Waals surface area contributed by atoms with Crippen molar-refractivity contribution in [3.8, 4) is 0 Å². The molecule has 0 aromatic carbocycles. The summed E-state index contributed by atoms with van der Waals surface area (Å²) in [7, 11) is 0. The Balaban J connectivity index is 0. The first kappa shape index (κ1) is 49.7. The summed E-state index contributed by atoms with van der Waals surface area (Å²) in [5, 5.41) is 0. The van der Waals surface area contributed by atoms with E-state index in [-0.39, 0.29) is 51.0 Å². The zero-order valence-electron chi connectivity index (χ0n) is 1.68. The van der Waals surface area contributed by atoms with Gasteiger partial charge >= 0.3 is 17.1 Å². The van der Waals surface area contributed by atoms with Crippen LogP contribution < -0.4 is 0 Å². The SMILES string of the molecule is [Mn+2].[O-2].[P].[V].